The topological polar surface area (TPSA) is 18.5 Å². The van der Waals surface area contributed by atoms with Gasteiger partial charge in [0.25, 0.3) is 0 Å². The van der Waals surface area contributed by atoms with Gasteiger partial charge in [0.2, 0.25) is 0 Å². The van der Waals surface area contributed by atoms with E-state index in [4.69, 9.17) is 9.47 Å². The number of hydrogen-bond donors (Lipinski definition) is 0. The monoisotopic (exact) mass is 328 g/mol. The van der Waals surface area contributed by atoms with Gasteiger partial charge in [0, 0.05) is 5.92 Å². The molecule has 0 amide bonds. The molecule has 2 fully saturated rings. The van der Waals surface area contributed by atoms with Crippen molar-refractivity contribution in [3.05, 3.63) is 23.8 Å². The van der Waals surface area contributed by atoms with Gasteiger partial charge in [0.15, 0.2) is 0 Å². The highest BCUT2D eigenvalue weighted by Crippen LogP contribution is 2.64. The number of ether oxygens (including phenoxy) is 2. The van der Waals surface area contributed by atoms with E-state index in [9.17, 15) is 0 Å². The van der Waals surface area contributed by atoms with E-state index in [1.54, 1.807) is 7.11 Å². The van der Waals surface area contributed by atoms with Crippen LogP contribution in [0.5, 0.6) is 11.5 Å². The number of benzene rings is 1. The fourth-order valence-electron chi connectivity index (χ4n) is 6.59. The largest absolute Gasteiger partial charge is 0.497 e. The molecule has 0 radical (unpaired) electrons. The van der Waals surface area contributed by atoms with Crippen LogP contribution in [0.2, 0.25) is 0 Å². The lowest BCUT2D eigenvalue weighted by molar-refractivity contribution is -0.162. The van der Waals surface area contributed by atoms with Gasteiger partial charge in [0.05, 0.1) is 7.11 Å². The zero-order chi connectivity index (χ0) is 17.2. The summed E-state index contributed by atoms with van der Waals surface area (Å²) >= 11 is 0. The molecule has 4 rings (SSSR count). The van der Waals surface area contributed by atoms with E-state index in [0.29, 0.717) is 16.7 Å². The van der Waals surface area contributed by atoms with E-state index in [0.717, 1.165) is 23.8 Å². The highest BCUT2D eigenvalue weighted by molar-refractivity contribution is 5.43. The van der Waals surface area contributed by atoms with E-state index in [2.05, 4.69) is 39.8 Å². The molecule has 0 bridgehead atoms. The summed E-state index contributed by atoms with van der Waals surface area (Å²) in [6.45, 7) is 9.93. The first-order chi connectivity index (χ1) is 11.3. The second kappa shape index (κ2) is 5.16. The maximum absolute atomic E-state index is 6.65. The summed E-state index contributed by atoms with van der Waals surface area (Å²) in [5.74, 6) is 3.43. The third-order valence-electron chi connectivity index (χ3n) is 7.77. The Morgan fingerprint density at radius 1 is 1.04 bits per heavy atom. The van der Waals surface area contributed by atoms with Gasteiger partial charge >= 0.3 is 0 Å². The van der Waals surface area contributed by atoms with Crippen molar-refractivity contribution >= 4 is 0 Å². The minimum absolute atomic E-state index is 0.0136. The van der Waals surface area contributed by atoms with Crippen molar-refractivity contribution in [1.82, 2.24) is 0 Å². The van der Waals surface area contributed by atoms with Crippen molar-refractivity contribution in [3.63, 3.8) is 0 Å². The van der Waals surface area contributed by atoms with Crippen LogP contribution in [-0.4, -0.2) is 12.7 Å². The van der Waals surface area contributed by atoms with E-state index in [1.807, 2.05) is 6.07 Å². The van der Waals surface area contributed by atoms with Crippen molar-refractivity contribution in [2.75, 3.05) is 7.11 Å². The van der Waals surface area contributed by atoms with Crippen LogP contribution in [0.25, 0.3) is 0 Å². The predicted octanol–water partition coefficient (Wildman–Crippen LogP) is 5.63. The van der Waals surface area contributed by atoms with Gasteiger partial charge in [-0.25, -0.2) is 0 Å². The van der Waals surface area contributed by atoms with Gasteiger partial charge in [-0.15, -0.1) is 0 Å². The molecular formula is C22H32O2. The molecule has 2 nitrogen and oxygen atoms in total. The second-order valence-electron chi connectivity index (χ2n) is 9.58. The fraction of sp³-hybridized carbons (Fsp3) is 0.727. The SMILES string of the molecule is COc1ccc2c(c1)C[C@H]1[C@]3(C)CCCC(C)(C)[C@H]3CC[C@]1(C)O2. The Hall–Kier alpha value is -1.18. The first-order valence-corrected chi connectivity index (χ1v) is 9.64. The molecule has 0 aromatic heterocycles. The number of methoxy groups -OCH3 is 1. The molecule has 1 heterocycles. The van der Waals surface area contributed by atoms with Crippen molar-refractivity contribution in [3.8, 4) is 11.5 Å². The van der Waals surface area contributed by atoms with E-state index in [-0.39, 0.29) is 5.60 Å². The molecule has 2 aliphatic carbocycles. The molecule has 1 aromatic rings. The minimum Gasteiger partial charge on any atom is -0.497 e. The maximum atomic E-state index is 6.65. The van der Waals surface area contributed by atoms with Crippen molar-refractivity contribution in [2.24, 2.45) is 22.7 Å². The van der Waals surface area contributed by atoms with E-state index >= 15 is 0 Å². The molecule has 0 saturated heterocycles. The van der Waals surface area contributed by atoms with Crippen LogP contribution in [0.3, 0.4) is 0 Å². The summed E-state index contributed by atoms with van der Waals surface area (Å²) in [4.78, 5) is 0. The van der Waals surface area contributed by atoms with Crippen LogP contribution >= 0.6 is 0 Å². The highest BCUT2D eigenvalue weighted by atomic mass is 16.5. The highest BCUT2D eigenvalue weighted by Gasteiger charge is 2.60. The van der Waals surface area contributed by atoms with Crippen LogP contribution in [0.1, 0.15) is 65.4 Å². The summed E-state index contributed by atoms with van der Waals surface area (Å²) in [6.07, 6.45) is 7.71. The number of rotatable bonds is 1. The zero-order valence-electron chi connectivity index (χ0n) is 15.9. The Labute approximate surface area is 146 Å². The summed E-state index contributed by atoms with van der Waals surface area (Å²) in [7, 11) is 1.75. The molecule has 0 spiro atoms. The molecule has 132 valence electrons. The molecule has 4 atom stereocenters. The summed E-state index contributed by atoms with van der Waals surface area (Å²) in [5.41, 5.74) is 2.17. The average Bonchev–Trinajstić information content (AvgIpc) is 2.52. The molecule has 2 heteroatoms. The van der Waals surface area contributed by atoms with Crippen LogP contribution in [0, 0.1) is 22.7 Å². The standard InChI is InChI=1S/C22H32O2/c1-20(2)10-6-11-21(3)18(20)9-12-22(4)19(21)14-15-13-16(23-5)7-8-17(15)24-22/h7-8,13,18-19H,6,9-12,14H2,1-5H3/t18-,19+,21-,22+/m1/s1. The first kappa shape index (κ1) is 16.3. The second-order valence-corrected chi connectivity index (χ2v) is 9.58. The Balaban J connectivity index is 1.76. The van der Waals surface area contributed by atoms with E-state index in [1.165, 1.54) is 37.7 Å². The lowest BCUT2D eigenvalue weighted by Gasteiger charge is -2.63. The first-order valence-electron chi connectivity index (χ1n) is 9.64. The van der Waals surface area contributed by atoms with Crippen LogP contribution in [0.15, 0.2) is 18.2 Å². The van der Waals surface area contributed by atoms with E-state index < -0.39 is 0 Å². The lowest BCUT2D eigenvalue weighted by Crippen LogP contribution is -2.61. The van der Waals surface area contributed by atoms with Crippen LogP contribution in [0.4, 0.5) is 0 Å². The average molecular weight is 328 g/mol. The number of hydrogen-bond acceptors (Lipinski definition) is 2. The van der Waals surface area contributed by atoms with Gasteiger partial charge in [0.1, 0.15) is 17.1 Å². The third-order valence-corrected chi connectivity index (χ3v) is 7.77. The Bertz CT molecular complexity index is 649. The third kappa shape index (κ3) is 2.21. The van der Waals surface area contributed by atoms with Crippen molar-refractivity contribution < 1.29 is 9.47 Å². The Kier molecular flexibility index (Phi) is 3.50. The number of fused-ring (bicyclic) bond motifs is 4. The molecule has 1 aliphatic heterocycles. The van der Waals surface area contributed by atoms with Crippen LogP contribution in [-0.2, 0) is 6.42 Å². The van der Waals surface area contributed by atoms with Gasteiger partial charge in [-0.05, 0) is 79.5 Å². The van der Waals surface area contributed by atoms with Gasteiger partial charge in [-0.3, -0.25) is 0 Å². The summed E-state index contributed by atoms with van der Waals surface area (Å²) < 4.78 is 12.1. The molecule has 24 heavy (non-hydrogen) atoms. The van der Waals surface area contributed by atoms with Crippen molar-refractivity contribution in [1.29, 1.82) is 0 Å². The Morgan fingerprint density at radius 2 is 1.83 bits per heavy atom. The van der Waals surface area contributed by atoms with Gasteiger partial charge in [-0.1, -0.05) is 27.2 Å². The van der Waals surface area contributed by atoms with Crippen LogP contribution < -0.4 is 9.47 Å². The van der Waals surface area contributed by atoms with Crippen molar-refractivity contribution in [2.45, 2.75) is 71.8 Å². The van der Waals surface area contributed by atoms with Gasteiger partial charge < -0.3 is 9.47 Å². The molecule has 0 unspecified atom stereocenters. The molecular weight excluding hydrogens is 296 g/mol. The molecule has 0 N–H and O–H groups in total. The van der Waals surface area contributed by atoms with Gasteiger partial charge in [-0.2, -0.15) is 0 Å². The summed E-state index contributed by atoms with van der Waals surface area (Å²) in [6, 6.07) is 6.32. The maximum Gasteiger partial charge on any atom is 0.123 e. The fourth-order valence-corrected chi connectivity index (χ4v) is 6.59. The lowest BCUT2D eigenvalue weighted by atomic mass is 9.44. The molecule has 3 aliphatic rings. The molecule has 2 saturated carbocycles. The zero-order valence-corrected chi connectivity index (χ0v) is 15.9. The summed E-state index contributed by atoms with van der Waals surface area (Å²) in [5, 5.41) is 0. The molecule has 1 aromatic carbocycles. The quantitative estimate of drug-likeness (QED) is 0.665. The minimum atomic E-state index is -0.0136. The Morgan fingerprint density at radius 3 is 2.58 bits per heavy atom. The smallest absolute Gasteiger partial charge is 0.123 e. The predicted molar refractivity (Wildman–Crippen MR) is 97.7 cm³/mol. The normalized spacial score (nSPS) is 39.9.